The van der Waals surface area contributed by atoms with Crippen LogP contribution in [0.2, 0.25) is 0 Å². The van der Waals surface area contributed by atoms with Crippen LogP contribution in [0, 0.1) is 23.0 Å². The average Bonchev–Trinajstić information content (AvgIpc) is 3.04. The molecule has 3 rings (SSSR count). The minimum absolute atomic E-state index is 0.0362. The van der Waals surface area contributed by atoms with Crippen molar-refractivity contribution in [3.8, 4) is 0 Å². The Balaban J connectivity index is 1.71. The lowest BCUT2D eigenvalue weighted by atomic mass is 10.1. The number of anilines is 1. The highest BCUT2D eigenvalue weighted by Gasteiger charge is 2.36. The summed E-state index contributed by atoms with van der Waals surface area (Å²) in [7, 11) is 0. The molecular formula is C20H21N3O4. The number of nitrogens with one attached hydrogen (secondary N) is 1. The normalized spacial score (nSPS) is 17.6. The fraction of sp³-hybridized carbons (Fsp3) is 0.300. The lowest BCUT2D eigenvalue weighted by Gasteiger charge is -2.19. The van der Waals surface area contributed by atoms with Gasteiger partial charge in [-0.2, -0.15) is 0 Å². The number of hydrogen-bond acceptors (Lipinski definition) is 4. The summed E-state index contributed by atoms with van der Waals surface area (Å²) < 4.78 is 0. The third-order valence-electron chi connectivity index (χ3n) is 4.86. The Morgan fingerprint density at radius 1 is 1.26 bits per heavy atom. The van der Waals surface area contributed by atoms with E-state index in [0.29, 0.717) is 11.3 Å². The maximum absolute atomic E-state index is 12.6. The molecule has 7 heteroatoms. The molecule has 0 radical (unpaired) electrons. The number of aryl methyl sites for hydroxylation is 1. The molecular weight excluding hydrogens is 346 g/mol. The van der Waals surface area contributed by atoms with Crippen LogP contribution in [0.4, 0.5) is 11.4 Å². The monoisotopic (exact) mass is 367 g/mol. The lowest BCUT2D eigenvalue weighted by molar-refractivity contribution is -0.385. The molecule has 0 spiro atoms. The molecule has 27 heavy (non-hydrogen) atoms. The van der Waals surface area contributed by atoms with Crippen LogP contribution in [0.1, 0.15) is 30.5 Å². The van der Waals surface area contributed by atoms with Crippen molar-refractivity contribution in [2.24, 2.45) is 5.92 Å². The number of hydrogen-bond donors (Lipinski definition) is 1. The Hall–Kier alpha value is -3.22. The molecule has 1 aliphatic rings. The minimum Gasteiger partial charge on any atom is -0.349 e. The van der Waals surface area contributed by atoms with Gasteiger partial charge in [0.15, 0.2) is 0 Å². The molecule has 1 N–H and O–H groups in total. The summed E-state index contributed by atoms with van der Waals surface area (Å²) in [4.78, 5) is 37.1. The van der Waals surface area contributed by atoms with Crippen LogP contribution in [0.3, 0.4) is 0 Å². The third kappa shape index (κ3) is 3.97. The summed E-state index contributed by atoms with van der Waals surface area (Å²) >= 11 is 0. The van der Waals surface area contributed by atoms with E-state index >= 15 is 0 Å². The number of nitro groups is 1. The van der Waals surface area contributed by atoms with Crippen molar-refractivity contribution in [3.05, 3.63) is 69.8 Å². The number of amides is 2. The number of rotatable bonds is 5. The van der Waals surface area contributed by atoms with Crippen LogP contribution in [0.15, 0.2) is 48.5 Å². The largest absolute Gasteiger partial charge is 0.349 e. The second kappa shape index (κ2) is 7.57. The van der Waals surface area contributed by atoms with Gasteiger partial charge in [0.2, 0.25) is 11.8 Å². The van der Waals surface area contributed by atoms with Gasteiger partial charge in [-0.3, -0.25) is 19.7 Å². The molecule has 140 valence electrons. The van der Waals surface area contributed by atoms with E-state index in [4.69, 9.17) is 0 Å². The number of carbonyl (C=O) groups excluding carboxylic acids is 2. The number of carbonyl (C=O) groups is 2. The van der Waals surface area contributed by atoms with Crippen molar-refractivity contribution >= 4 is 23.2 Å². The fourth-order valence-electron chi connectivity index (χ4n) is 3.25. The van der Waals surface area contributed by atoms with E-state index in [-0.39, 0.29) is 36.5 Å². The van der Waals surface area contributed by atoms with Crippen LogP contribution in [0.5, 0.6) is 0 Å². The van der Waals surface area contributed by atoms with Crippen LogP contribution in [-0.4, -0.2) is 23.3 Å². The quantitative estimate of drug-likeness (QED) is 0.649. The number of nitrogens with zero attached hydrogens (tertiary/aromatic N) is 2. The van der Waals surface area contributed by atoms with Gasteiger partial charge in [-0.05, 0) is 25.5 Å². The van der Waals surface area contributed by atoms with Crippen molar-refractivity contribution in [2.45, 2.75) is 26.3 Å². The molecule has 0 aliphatic carbocycles. The molecule has 2 atom stereocenters. The summed E-state index contributed by atoms with van der Waals surface area (Å²) in [6, 6.07) is 14.1. The first-order valence-electron chi connectivity index (χ1n) is 8.77. The first kappa shape index (κ1) is 18.6. The topological polar surface area (TPSA) is 92.6 Å². The Labute approximate surface area is 157 Å². The van der Waals surface area contributed by atoms with E-state index in [0.717, 1.165) is 5.56 Å². The second-order valence-electron chi connectivity index (χ2n) is 6.77. The Morgan fingerprint density at radius 2 is 1.96 bits per heavy atom. The van der Waals surface area contributed by atoms with Crippen molar-refractivity contribution in [2.75, 3.05) is 11.4 Å². The Morgan fingerprint density at radius 3 is 2.63 bits per heavy atom. The SMILES string of the molecule is Cc1ccc(N2C[C@H](C(=O)N[C@H](C)c3ccccc3)CC2=O)cc1[N+](=O)[O-]. The molecule has 7 nitrogen and oxygen atoms in total. The number of benzene rings is 2. The van der Waals surface area contributed by atoms with Crippen molar-refractivity contribution in [3.63, 3.8) is 0 Å². The van der Waals surface area contributed by atoms with E-state index in [9.17, 15) is 19.7 Å². The highest BCUT2D eigenvalue weighted by atomic mass is 16.6. The van der Waals surface area contributed by atoms with Gasteiger partial charge in [0.05, 0.1) is 22.6 Å². The van der Waals surface area contributed by atoms with Gasteiger partial charge in [-0.15, -0.1) is 0 Å². The zero-order valence-electron chi connectivity index (χ0n) is 15.2. The summed E-state index contributed by atoms with van der Waals surface area (Å²) in [5.74, 6) is -0.881. The van der Waals surface area contributed by atoms with Gasteiger partial charge in [0.1, 0.15) is 0 Å². The number of nitro benzene ring substituents is 1. The maximum atomic E-state index is 12.6. The minimum atomic E-state index is -0.482. The highest BCUT2D eigenvalue weighted by Crippen LogP contribution is 2.30. The summed E-state index contributed by atoms with van der Waals surface area (Å²) in [6.07, 6.45) is 0.0923. The lowest BCUT2D eigenvalue weighted by Crippen LogP contribution is -2.34. The Kier molecular flexibility index (Phi) is 5.21. The molecule has 2 aromatic carbocycles. The van der Waals surface area contributed by atoms with E-state index in [1.807, 2.05) is 37.3 Å². The molecule has 2 amide bonds. The van der Waals surface area contributed by atoms with E-state index in [2.05, 4.69) is 5.32 Å². The first-order chi connectivity index (χ1) is 12.9. The third-order valence-corrected chi connectivity index (χ3v) is 4.86. The van der Waals surface area contributed by atoms with Crippen LogP contribution >= 0.6 is 0 Å². The fourth-order valence-corrected chi connectivity index (χ4v) is 3.25. The molecule has 1 fully saturated rings. The zero-order chi connectivity index (χ0) is 19.6. The van der Waals surface area contributed by atoms with Crippen molar-refractivity contribution in [1.29, 1.82) is 0 Å². The van der Waals surface area contributed by atoms with Gasteiger partial charge < -0.3 is 10.2 Å². The van der Waals surface area contributed by atoms with E-state index in [1.54, 1.807) is 19.1 Å². The average molecular weight is 367 g/mol. The van der Waals surface area contributed by atoms with Gasteiger partial charge in [-0.25, -0.2) is 0 Å². The second-order valence-corrected chi connectivity index (χ2v) is 6.77. The van der Waals surface area contributed by atoms with Crippen LogP contribution in [-0.2, 0) is 9.59 Å². The van der Waals surface area contributed by atoms with Crippen molar-refractivity contribution in [1.82, 2.24) is 5.32 Å². The molecule has 1 heterocycles. The standard InChI is InChI=1S/C20H21N3O4/c1-13-8-9-17(11-18(13)23(26)27)22-12-16(10-19(22)24)20(25)21-14(2)15-6-4-3-5-7-15/h3-9,11,14,16H,10,12H2,1-2H3,(H,21,25)/t14-,16-/m1/s1. The molecule has 0 unspecified atom stereocenters. The molecule has 0 aromatic heterocycles. The van der Waals surface area contributed by atoms with Gasteiger partial charge in [0, 0.05) is 24.6 Å². The maximum Gasteiger partial charge on any atom is 0.274 e. The Bertz CT molecular complexity index is 882. The molecule has 0 bridgehead atoms. The summed E-state index contributed by atoms with van der Waals surface area (Å²) in [5, 5.41) is 14.1. The summed E-state index contributed by atoms with van der Waals surface area (Å²) in [5.41, 5.74) is 1.93. The van der Waals surface area contributed by atoms with Crippen LogP contribution < -0.4 is 10.2 Å². The van der Waals surface area contributed by atoms with E-state index in [1.165, 1.54) is 11.0 Å². The molecule has 0 saturated carbocycles. The van der Waals surface area contributed by atoms with Gasteiger partial charge in [0.25, 0.3) is 5.69 Å². The summed E-state index contributed by atoms with van der Waals surface area (Å²) in [6.45, 7) is 3.76. The van der Waals surface area contributed by atoms with Crippen molar-refractivity contribution < 1.29 is 14.5 Å². The predicted octanol–water partition coefficient (Wildman–Crippen LogP) is 3.13. The van der Waals surface area contributed by atoms with Crippen LogP contribution in [0.25, 0.3) is 0 Å². The molecule has 1 aliphatic heterocycles. The highest BCUT2D eigenvalue weighted by molar-refractivity contribution is 6.00. The van der Waals surface area contributed by atoms with Gasteiger partial charge >= 0.3 is 0 Å². The van der Waals surface area contributed by atoms with E-state index < -0.39 is 10.8 Å². The predicted molar refractivity (Wildman–Crippen MR) is 101 cm³/mol. The first-order valence-corrected chi connectivity index (χ1v) is 8.77. The molecule has 1 saturated heterocycles. The smallest absolute Gasteiger partial charge is 0.274 e. The molecule has 2 aromatic rings. The zero-order valence-corrected chi connectivity index (χ0v) is 15.2. The van der Waals surface area contributed by atoms with Gasteiger partial charge in [-0.1, -0.05) is 36.4 Å².